The van der Waals surface area contributed by atoms with E-state index in [2.05, 4.69) is 11.0 Å². The van der Waals surface area contributed by atoms with Crippen molar-refractivity contribution in [2.75, 3.05) is 26.8 Å². The van der Waals surface area contributed by atoms with E-state index in [1.165, 1.54) is 12.8 Å². The second kappa shape index (κ2) is 6.95. The lowest BCUT2D eigenvalue weighted by Crippen LogP contribution is -2.39. The fraction of sp³-hybridized carbons (Fsp3) is 0.923. The summed E-state index contributed by atoms with van der Waals surface area (Å²) >= 11 is 0. The highest BCUT2D eigenvalue weighted by atomic mass is 16.5. The number of rotatable bonds is 9. The number of hydrogen-bond acceptors (Lipinski definition) is 4. The number of nitrogens with zero attached hydrogens (tertiary/aromatic N) is 2. The van der Waals surface area contributed by atoms with E-state index in [1.54, 1.807) is 7.11 Å². The quantitative estimate of drug-likeness (QED) is 0.662. The molecule has 17 heavy (non-hydrogen) atoms. The van der Waals surface area contributed by atoms with Gasteiger partial charge in [0.1, 0.15) is 5.54 Å². The minimum atomic E-state index is -0.628. The van der Waals surface area contributed by atoms with Crippen LogP contribution in [0.1, 0.15) is 39.0 Å². The van der Waals surface area contributed by atoms with Crippen molar-refractivity contribution in [2.45, 2.75) is 50.6 Å². The van der Waals surface area contributed by atoms with Crippen molar-refractivity contribution < 1.29 is 4.74 Å². The third-order valence-electron chi connectivity index (χ3n) is 3.57. The van der Waals surface area contributed by atoms with Crippen LogP contribution in [-0.2, 0) is 4.74 Å². The Labute approximate surface area is 105 Å². The molecule has 0 aromatic rings. The largest absolute Gasteiger partial charge is 0.383 e. The summed E-state index contributed by atoms with van der Waals surface area (Å²) in [5, 5.41) is 9.00. The highest BCUT2D eigenvalue weighted by molar-refractivity contribution is 5.03. The Morgan fingerprint density at radius 1 is 1.47 bits per heavy atom. The molecule has 0 heterocycles. The van der Waals surface area contributed by atoms with E-state index in [9.17, 15) is 0 Å². The van der Waals surface area contributed by atoms with Gasteiger partial charge in [0.05, 0.1) is 12.7 Å². The highest BCUT2D eigenvalue weighted by Gasteiger charge is 2.29. The zero-order chi connectivity index (χ0) is 12.7. The van der Waals surface area contributed by atoms with Crippen LogP contribution < -0.4 is 5.73 Å². The molecular formula is C13H25N3O. The SMILES string of the molecule is CCC(N)(C#N)CCCN(CCOC)C1CC1. The number of methoxy groups -OCH3 is 1. The lowest BCUT2D eigenvalue weighted by molar-refractivity contribution is 0.141. The van der Waals surface area contributed by atoms with Gasteiger partial charge in [-0.05, 0) is 38.6 Å². The summed E-state index contributed by atoms with van der Waals surface area (Å²) in [6, 6.07) is 2.98. The Bertz CT molecular complexity index is 260. The van der Waals surface area contributed by atoms with E-state index in [1.807, 2.05) is 6.92 Å². The van der Waals surface area contributed by atoms with Crippen molar-refractivity contribution in [1.82, 2.24) is 4.90 Å². The molecule has 0 radical (unpaired) electrons. The van der Waals surface area contributed by atoms with Gasteiger partial charge in [0.25, 0.3) is 0 Å². The first-order valence-corrected chi connectivity index (χ1v) is 6.58. The molecule has 1 aliphatic carbocycles. The third kappa shape index (κ3) is 5.03. The summed E-state index contributed by atoms with van der Waals surface area (Å²) in [7, 11) is 1.74. The van der Waals surface area contributed by atoms with Gasteiger partial charge in [-0.1, -0.05) is 6.92 Å². The van der Waals surface area contributed by atoms with Gasteiger partial charge < -0.3 is 10.5 Å². The van der Waals surface area contributed by atoms with Crippen molar-refractivity contribution in [3.05, 3.63) is 0 Å². The summed E-state index contributed by atoms with van der Waals surface area (Å²) in [5.41, 5.74) is 5.34. The van der Waals surface area contributed by atoms with Crippen LogP contribution in [0, 0.1) is 11.3 Å². The maximum Gasteiger partial charge on any atom is 0.104 e. The molecule has 4 nitrogen and oxygen atoms in total. The van der Waals surface area contributed by atoms with Gasteiger partial charge in [-0.25, -0.2) is 0 Å². The van der Waals surface area contributed by atoms with E-state index in [0.717, 1.165) is 45.0 Å². The summed E-state index contributed by atoms with van der Waals surface area (Å²) in [6.07, 6.45) is 5.13. The molecule has 0 aromatic heterocycles. The summed E-state index contributed by atoms with van der Waals surface area (Å²) < 4.78 is 5.12. The van der Waals surface area contributed by atoms with Gasteiger partial charge in [-0.15, -0.1) is 0 Å². The van der Waals surface area contributed by atoms with Crippen LogP contribution in [0.2, 0.25) is 0 Å². The van der Waals surface area contributed by atoms with Gasteiger partial charge in [0, 0.05) is 19.7 Å². The zero-order valence-corrected chi connectivity index (χ0v) is 11.1. The second-order valence-corrected chi connectivity index (χ2v) is 4.98. The van der Waals surface area contributed by atoms with E-state index in [0.29, 0.717) is 0 Å². The molecule has 1 atom stereocenters. The van der Waals surface area contributed by atoms with Crippen molar-refractivity contribution in [2.24, 2.45) is 5.73 Å². The molecule has 1 aliphatic rings. The van der Waals surface area contributed by atoms with Crippen LogP contribution in [0.3, 0.4) is 0 Å². The molecule has 98 valence electrons. The van der Waals surface area contributed by atoms with Crippen molar-refractivity contribution >= 4 is 0 Å². The fourth-order valence-corrected chi connectivity index (χ4v) is 2.03. The van der Waals surface area contributed by atoms with Gasteiger partial charge in [0.2, 0.25) is 0 Å². The van der Waals surface area contributed by atoms with Crippen molar-refractivity contribution in [1.29, 1.82) is 5.26 Å². The molecule has 0 saturated heterocycles. The number of nitriles is 1. The van der Waals surface area contributed by atoms with Crippen LogP contribution in [0.5, 0.6) is 0 Å². The van der Waals surface area contributed by atoms with Gasteiger partial charge in [-0.3, -0.25) is 4.90 Å². The average molecular weight is 239 g/mol. The predicted octanol–water partition coefficient (Wildman–Crippen LogP) is 1.51. The van der Waals surface area contributed by atoms with Crippen LogP contribution in [-0.4, -0.2) is 43.3 Å². The lowest BCUT2D eigenvalue weighted by Gasteiger charge is -2.24. The van der Waals surface area contributed by atoms with E-state index in [-0.39, 0.29) is 0 Å². The summed E-state index contributed by atoms with van der Waals surface area (Å²) in [4.78, 5) is 2.47. The minimum absolute atomic E-state index is 0.628. The molecular weight excluding hydrogens is 214 g/mol. The molecule has 0 spiro atoms. The van der Waals surface area contributed by atoms with E-state index >= 15 is 0 Å². The fourth-order valence-electron chi connectivity index (χ4n) is 2.03. The predicted molar refractivity (Wildman–Crippen MR) is 68.5 cm³/mol. The Kier molecular flexibility index (Phi) is 5.90. The molecule has 1 saturated carbocycles. The third-order valence-corrected chi connectivity index (χ3v) is 3.57. The van der Waals surface area contributed by atoms with Crippen LogP contribution in [0.25, 0.3) is 0 Å². The van der Waals surface area contributed by atoms with E-state index in [4.69, 9.17) is 15.7 Å². The zero-order valence-electron chi connectivity index (χ0n) is 11.1. The lowest BCUT2D eigenvalue weighted by atomic mass is 9.93. The standard InChI is InChI=1S/C13H25N3O/c1-3-13(15,11-14)7-4-8-16(9-10-17-2)12-5-6-12/h12H,3-10,15H2,1-2H3. The summed E-state index contributed by atoms with van der Waals surface area (Å²) in [5.74, 6) is 0. The Morgan fingerprint density at radius 2 is 2.18 bits per heavy atom. The second-order valence-electron chi connectivity index (χ2n) is 4.98. The topological polar surface area (TPSA) is 62.3 Å². The molecule has 1 unspecified atom stereocenters. The van der Waals surface area contributed by atoms with Gasteiger partial charge in [-0.2, -0.15) is 5.26 Å². The first-order valence-electron chi connectivity index (χ1n) is 6.58. The monoisotopic (exact) mass is 239 g/mol. The summed E-state index contributed by atoms with van der Waals surface area (Å²) in [6.45, 7) is 4.80. The Balaban J connectivity index is 2.25. The minimum Gasteiger partial charge on any atom is -0.383 e. The smallest absolute Gasteiger partial charge is 0.104 e. The molecule has 0 aliphatic heterocycles. The molecule has 1 rings (SSSR count). The molecule has 0 bridgehead atoms. The Hall–Kier alpha value is -0.630. The van der Waals surface area contributed by atoms with E-state index < -0.39 is 5.54 Å². The number of ether oxygens (including phenoxy) is 1. The number of nitrogens with two attached hydrogens (primary N) is 1. The van der Waals surface area contributed by atoms with Crippen LogP contribution in [0.4, 0.5) is 0 Å². The molecule has 0 amide bonds. The van der Waals surface area contributed by atoms with Gasteiger partial charge in [0.15, 0.2) is 0 Å². The van der Waals surface area contributed by atoms with Crippen molar-refractivity contribution in [3.8, 4) is 6.07 Å². The maximum absolute atomic E-state index is 9.00. The normalized spacial score (nSPS) is 19.0. The Morgan fingerprint density at radius 3 is 2.65 bits per heavy atom. The van der Waals surface area contributed by atoms with Crippen LogP contribution >= 0.6 is 0 Å². The first-order chi connectivity index (χ1) is 8.15. The number of hydrogen-bond donors (Lipinski definition) is 1. The molecule has 0 aromatic carbocycles. The molecule has 4 heteroatoms. The molecule has 2 N–H and O–H groups in total. The molecule has 1 fully saturated rings. The van der Waals surface area contributed by atoms with Crippen LogP contribution in [0.15, 0.2) is 0 Å². The maximum atomic E-state index is 9.00. The van der Waals surface area contributed by atoms with Gasteiger partial charge >= 0.3 is 0 Å². The average Bonchev–Trinajstić information content (AvgIpc) is 3.17. The first kappa shape index (κ1) is 14.4. The van der Waals surface area contributed by atoms with Crippen molar-refractivity contribution in [3.63, 3.8) is 0 Å². The highest BCUT2D eigenvalue weighted by Crippen LogP contribution is 2.27.